The Morgan fingerprint density at radius 1 is 1.11 bits per heavy atom. The number of carbonyl (C=O) groups is 4. The first-order valence-electron chi connectivity index (χ1n) is 11.9. The van der Waals surface area contributed by atoms with Gasteiger partial charge in [0.2, 0.25) is 11.8 Å². The number of nitrogens with zero attached hydrogens (tertiary/aromatic N) is 1. The number of hydrogen-bond donors (Lipinski definition) is 1. The second kappa shape index (κ2) is 13.7. The Bertz CT molecular complexity index is 805. The van der Waals surface area contributed by atoms with Gasteiger partial charge in [-0.2, -0.15) is 0 Å². The maximum Gasteiger partial charge on any atom is 0.303 e. The van der Waals surface area contributed by atoms with Crippen LogP contribution in [0.5, 0.6) is 0 Å². The molecule has 0 aliphatic carbocycles. The molecule has 0 spiro atoms. The highest BCUT2D eigenvalue weighted by Crippen LogP contribution is 2.30. The number of rotatable bonds is 10. The molecule has 2 rings (SSSR count). The first-order chi connectivity index (χ1) is 16.9. The van der Waals surface area contributed by atoms with Crippen molar-refractivity contribution in [3.05, 3.63) is 0 Å². The number of morpholine rings is 1. The van der Waals surface area contributed by atoms with Gasteiger partial charge in [-0.15, -0.1) is 0 Å². The molecule has 0 aromatic heterocycles. The number of carbonyl (C=O) groups excluding carboxylic acids is 4. The lowest BCUT2D eigenvalue weighted by molar-refractivity contribution is -0.271. The van der Waals surface area contributed by atoms with Crippen molar-refractivity contribution in [1.82, 2.24) is 10.2 Å². The molecule has 14 heteroatoms. The number of amides is 2. The molecule has 12 nitrogen and oxygen atoms in total. The Kier molecular flexibility index (Phi) is 11.6. The molecule has 2 aliphatic heterocycles. The van der Waals surface area contributed by atoms with Crippen LogP contribution in [0.1, 0.15) is 47.5 Å². The third kappa shape index (κ3) is 8.11. The summed E-state index contributed by atoms with van der Waals surface area (Å²) in [5, 5.41) is 2.64. The average Bonchev–Trinajstić information content (AvgIpc) is 2.79. The third-order valence-electron chi connectivity index (χ3n) is 6.02. The predicted octanol–water partition coefficient (Wildman–Crippen LogP) is -0.185. The second-order valence-corrected chi connectivity index (χ2v) is 9.25. The Morgan fingerprint density at radius 3 is 2.28 bits per heavy atom. The zero-order valence-electron chi connectivity index (χ0n) is 21.4. The zero-order chi connectivity index (χ0) is 27.0. The summed E-state index contributed by atoms with van der Waals surface area (Å²) in [4.78, 5) is 50.2. The largest absolute Gasteiger partial charge is 0.456 e. The van der Waals surface area contributed by atoms with Gasteiger partial charge in [-0.25, -0.2) is 0 Å². The van der Waals surface area contributed by atoms with Crippen LogP contribution in [-0.4, -0.2) is 105 Å². The van der Waals surface area contributed by atoms with Gasteiger partial charge in [0, 0.05) is 42.8 Å². The molecule has 2 aliphatic rings. The van der Waals surface area contributed by atoms with Crippen LogP contribution in [0, 0.1) is 0 Å². The Labute approximate surface area is 215 Å². The lowest BCUT2D eigenvalue weighted by atomic mass is 9.91. The van der Waals surface area contributed by atoms with Crippen molar-refractivity contribution in [2.24, 2.45) is 0 Å². The molecular weight excluding hydrogens is 494 g/mol. The number of esters is 2. The first kappa shape index (κ1) is 30.4. The molecule has 0 aromatic rings. The summed E-state index contributed by atoms with van der Waals surface area (Å²) in [5.74, 6) is -2.08. The maximum absolute atomic E-state index is 13.1. The topological polar surface area (TPSA) is 139 Å². The van der Waals surface area contributed by atoms with Crippen LogP contribution in [0.2, 0.25) is 0 Å². The van der Waals surface area contributed by atoms with E-state index in [4.69, 9.17) is 36.1 Å². The molecule has 1 N–H and O–H groups in total. The van der Waals surface area contributed by atoms with Gasteiger partial charge in [-0.3, -0.25) is 19.2 Å². The fourth-order valence-corrected chi connectivity index (χ4v) is 4.72. The average molecular weight is 530 g/mol. The molecule has 2 amide bonds. The summed E-state index contributed by atoms with van der Waals surface area (Å²) >= 11 is 0. The SMILES string of the molecule is [B][C@H]1CN(C(=O)CO[C@@H]2O[C@H](CC)[C@H](OC(C)=O)[C@H](OC(C)=O)[C@H]2NC(C)=O)C[C@@](CC)(COP)O1. The molecule has 2 radical (unpaired) electrons. The fourth-order valence-electron chi connectivity index (χ4n) is 4.42. The molecule has 2 saturated heterocycles. The van der Waals surface area contributed by atoms with E-state index in [2.05, 4.69) is 14.8 Å². The van der Waals surface area contributed by atoms with Crippen LogP contribution in [-0.2, 0) is 47.4 Å². The normalized spacial score (nSPS) is 32.4. The zero-order valence-corrected chi connectivity index (χ0v) is 22.5. The molecule has 0 aromatic carbocycles. The van der Waals surface area contributed by atoms with Crippen molar-refractivity contribution in [2.45, 2.75) is 89.7 Å². The van der Waals surface area contributed by atoms with E-state index < -0.39 is 66.7 Å². The minimum absolute atomic E-state index is 0.156. The van der Waals surface area contributed by atoms with Gasteiger partial charge in [-0.1, -0.05) is 13.8 Å². The molecular formula is C22H36BN2O10P. The van der Waals surface area contributed by atoms with E-state index in [0.717, 1.165) is 0 Å². The number of nitrogens with one attached hydrogen (secondary N) is 1. The van der Waals surface area contributed by atoms with Crippen LogP contribution < -0.4 is 5.32 Å². The predicted molar refractivity (Wildman–Crippen MR) is 130 cm³/mol. The van der Waals surface area contributed by atoms with Gasteiger partial charge in [0.1, 0.15) is 32.2 Å². The van der Waals surface area contributed by atoms with Crippen molar-refractivity contribution >= 4 is 41.1 Å². The summed E-state index contributed by atoms with van der Waals surface area (Å²) < 4.78 is 33.7. The minimum Gasteiger partial charge on any atom is -0.456 e. The van der Waals surface area contributed by atoms with Crippen molar-refractivity contribution in [1.29, 1.82) is 0 Å². The van der Waals surface area contributed by atoms with E-state index in [1.807, 2.05) is 6.92 Å². The third-order valence-corrected chi connectivity index (χ3v) is 6.18. The van der Waals surface area contributed by atoms with Gasteiger partial charge in [0.05, 0.1) is 13.2 Å². The Hall–Kier alpha value is -1.79. The Morgan fingerprint density at radius 2 is 1.75 bits per heavy atom. The molecule has 36 heavy (non-hydrogen) atoms. The smallest absolute Gasteiger partial charge is 0.303 e. The highest BCUT2D eigenvalue weighted by Gasteiger charge is 2.50. The highest BCUT2D eigenvalue weighted by molar-refractivity contribution is 7.09. The van der Waals surface area contributed by atoms with Crippen molar-refractivity contribution in [3.63, 3.8) is 0 Å². The van der Waals surface area contributed by atoms with Crippen LogP contribution in [0.3, 0.4) is 0 Å². The molecule has 2 fully saturated rings. The molecule has 1 unspecified atom stereocenters. The van der Waals surface area contributed by atoms with E-state index in [1.54, 1.807) is 6.92 Å². The van der Waals surface area contributed by atoms with Gasteiger partial charge in [0.15, 0.2) is 18.5 Å². The lowest BCUT2D eigenvalue weighted by Gasteiger charge is -2.46. The van der Waals surface area contributed by atoms with E-state index in [1.165, 1.54) is 25.7 Å². The minimum atomic E-state index is -1.17. The van der Waals surface area contributed by atoms with E-state index in [0.29, 0.717) is 12.8 Å². The number of hydrogen-bond acceptors (Lipinski definition) is 10. The van der Waals surface area contributed by atoms with Crippen LogP contribution in [0.15, 0.2) is 0 Å². The van der Waals surface area contributed by atoms with Crippen LogP contribution in [0.25, 0.3) is 0 Å². The molecule has 2 heterocycles. The molecule has 0 bridgehead atoms. The van der Waals surface area contributed by atoms with Gasteiger partial charge in [0.25, 0.3) is 0 Å². The standard InChI is InChI=1S/C22H36BN2O10P/c1-6-15-19(32-13(4)27)20(33-14(5)28)18(24-12(3)26)21(34-15)30-9-17(29)25-8-16(23)35-22(7-2,10-25)11-31-36/h15-16,18-21H,6-11,36H2,1-5H3,(H,24,26)/t15-,16-,18-,19+,20-,21-,22+/m1/s1. The van der Waals surface area contributed by atoms with Crippen molar-refractivity contribution in [3.8, 4) is 0 Å². The molecule has 8 atom stereocenters. The number of ether oxygens (including phenoxy) is 5. The summed E-state index contributed by atoms with van der Waals surface area (Å²) in [7, 11) is 8.20. The van der Waals surface area contributed by atoms with E-state index in [-0.39, 0.29) is 25.6 Å². The van der Waals surface area contributed by atoms with E-state index >= 15 is 0 Å². The monoisotopic (exact) mass is 530 g/mol. The maximum atomic E-state index is 13.1. The van der Waals surface area contributed by atoms with Crippen LogP contribution in [0.4, 0.5) is 0 Å². The summed E-state index contributed by atoms with van der Waals surface area (Å²) in [6.07, 6.45) is -3.03. The summed E-state index contributed by atoms with van der Waals surface area (Å²) in [6.45, 7) is 7.62. The highest BCUT2D eigenvalue weighted by atomic mass is 31.0. The Balaban J connectivity index is 2.23. The van der Waals surface area contributed by atoms with Crippen LogP contribution >= 0.6 is 9.47 Å². The van der Waals surface area contributed by atoms with E-state index in [9.17, 15) is 19.2 Å². The van der Waals surface area contributed by atoms with Gasteiger partial charge >= 0.3 is 11.9 Å². The summed E-state index contributed by atoms with van der Waals surface area (Å²) in [5.41, 5.74) is -0.764. The first-order valence-corrected chi connectivity index (χ1v) is 12.3. The summed E-state index contributed by atoms with van der Waals surface area (Å²) in [6, 6.07) is -1.75. The quantitative estimate of drug-likeness (QED) is 0.230. The molecule has 202 valence electrons. The molecule has 0 saturated carbocycles. The van der Waals surface area contributed by atoms with Gasteiger partial charge in [-0.05, 0) is 12.8 Å². The van der Waals surface area contributed by atoms with Crippen molar-refractivity contribution < 1.29 is 47.4 Å². The second-order valence-electron chi connectivity index (χ2n) is 8.91. The lowest BCUT2D eigenvalue weighted by Crippen LogP contribution is -2.66. The van der Waals surface area contributed by atoms with Crippen molar-refractivity contribution in [2.75, 3.05) is 26.3 Å². The van der Waals surface area contributed by atoms with Gasteiger partial charge < -0.3 is 38.4 Å². The fraction of sp³-hybridized carbons (Fsp3) is 0.818.